The van der Waals surface area contributed by atoms with Crippen LogP contribution in [0.25, 0.3) is 0 Å². The van der Waals surface area contributed by atoms with Crippen molar-refractivity contribution in [2.24, 2.45) is 17.8 Å². The van der Waals surface area contributed by atoms with Gasteiger partial charge in [-0.05, 0) is 50.1 Å². The van der Waals surface area contributed by atoms with Crippen LogP contribution in [0.1, 0.15) is 33.1 Å². The first kappa shape index (κ1) is 15.1. The SMILES string of the molecule is CC(C)[C@H](NC[C@H]1CCN(CC(F)(F)F)C1)C1CC1. The van der Waals surface area contributed by atoms with Crippen molar-refractivity contribution in [3.05, 3.63) is 0 Å². The zero-order valence-corrected chi connectivity index (χ0v) is 11.8. The average Bonchev–Trinajstić information content (AvgIpc) is 2.99. The van der Waals surface area contributed by atoms with E-state index in [1.165, 1.54) is 17.7 Å². The Labute approximate surface area is 113 Å². The molecule has 1 saturated carbocycles. The second kappa shape index (κ2) is 6.00. The molecule has 1 aliphatic carbocycles. The van der Waals surface area contributed by atoms with Gasteiger partial charge in [-0.3, -0.25) is 4.90 Å². The molecule has 1 saturated heterocycles. The smallest absolute Gasteiger partial charge is 0.313 e. The fourth-order valence-corrected chi connectivity index (χ4v) is 3.18. The number of likely N-dealkylation sites (tertiary alicyclic amines) is 1. The maximum absolute atomic E-state index is 12.3. The first-order valence-electron chi connectivity index (χ1n) is 7.37. The van der Waals surface area contributed by atoms with Crippen LogP contribution in [0, 0.1) is 17.8 Å². The first-order valence-corrected chi connectivity index (χ1v) is 7.37. The molecule has 0 aromatic rings. The topological polar surface area (TPSA) is 15.3 Å². The van der Waals surface area contributed by atoms with Crippen molar-refractivity contribution in [3.63, 3.8) is 0 Å². The molecule has 2 fully saturated rings. The van der Waals surface area contributed by atoms with E-state index < -0.39 is 12.7 Å². The highest BCUT2D eigenvalue weighted by molar-refractivity contribution is 4.89. The van der Waals surface area contributed by atoms with Gasteiger partial charge in [0.05, 0.1) is 6.54 Å². The number of rotatable bonds is 6. The van der Waals surface area contributed by atoms with E-state index in [9.17, 15) is 13.2 Å². The third kappa shape index (κ3) is 4.95. The van der Waals surface area contributed by atoms with Crippen molar-refractivity contribution in [3.8, 4) is 0 Å². The Morgan fingerprint density at radius 3 is 2.42 bits per heavy atom. The van der Waals surface area contributed by atoms with Crippen LogP contribution in [0.3, 0.4) is 0 Å². The molecule has 2 aliphatic rings. The molecule has 19 heavy (non-hydrogen) atoms. The average molecular weight is 278 g/mol. The highest BCUT2D eigenvalue weighted by atomic mass is 19.4. The molecule has 0 amide bonds. The van der Waals surface area contributed by atoms with Gasteiger partial charge in [0, 0.05) is 12.6 Å². The number of nitrogens with zero attached hydrogens (tertiary/aromatic N) is 1. The fourth-order valence-electron chi connectivity index (χ4n) is 3.18. The third-order valence-electron chi connectivity index (χ3n) is 4.26. The van der Waals surface area contributed by atoms with Crippen molar-refractivity contribution in [2.75, 3.05) is 26.2 Å². The minimum Gasteiger partial charge on any atom is -0.313 e. The molecule has 0 spiro atoms. The zero-order chi connectivity index (χ0) is 14.0. The normalized spacial score (nSPS) is 27.2. The largest absolute Gasteiger partial charge is 0.401 e. The molecule has 2 nitrogen and oxygen atoms in total. The molecule has 1 aliphatic heterocycles. The molecule has 0 aromatic heterocycles. The van der Waals surface area contributed by atoms with Gasteiger partial charge in [-0.1, -0.05) is 13.8 Å². The van der Waals surface area contributed by atoms with Crippen molar-refractivity contribution in [2.45, 2.75) is 45.3 Å². The highest BCUT2D eigenvalue weighted by Gasteiger charge is 2.36. The summed E-state index contributed by atoms with van der Waals surface area (Å²) < 4.78 is 36.9. The van der Waals surface area contributed by atoms with Gasteiger partial charge in [-0.15, -0.1) is 0 Å². The van der Waals surface area contributed by atoms with Gasteiger partial charge in [-0.25, -0.2) is 0 Å². The molecule has 0 radical (unpaired) electrons. The van der Waals surface area contributed by atoms with E-state index in [0.29, 0.717) is 31.0 Å². The van der Waals surface area contributed by atoms with Crippen molar-refractivity contribution in [1.29, 1.82) is 0 Å². The Bertz CT molecular complexity index is 285. The zero-order valence-electron chi connectivity index (χ0n) is 11.8. The summed E-state index contributed by atoms with van der Waals surface area (Å²) in [6.07, 6.45) is -0.559. The predicted molar refractivity (Wildman–Crippen MR) is 70.0 cm³/mol. The van der Waals surface area contributed by atoms with Crippen LogP contribution in [-0.2, 0) is 0 Å². The Balaban J connectivity index is 1.70. The fraction of sp³-hybridized carbons (Fsp3) is 1.00. The van der Waals surface area contributed by atoms with E-state index in [4.69, 9.17) is 0 Å². The standard InChI is InChI=1S/C14H25F3N2/c1-10(2)13(12-3-4-12)18-7-11-5-6-19(8-11)9-14(15,16)17/h10-13,18H,3-9H2,1-2H3/t11-,13+/m1/s1. The van der Waals surface area contributed by atoms with Gasteiger partial charge in [0.1, 0.15) is 0 Å². The lowest BCUT2D eigenvalue weighted by atomic mass is 9.98. The summed E-state index contributed by atoms with van der Waals surface area (Å²) in [5, 5.41) is 3.60. The minimum atomic E-state index is -4.06. The van der Waals surface area contributed by atoms with Crippen LogP contribution in [0.4, 0.5) is 13.2 Å². The summed E-state index contributed by atoms with van der Waals surface area (Å²) in [6, 6.07) is 0.552. The second-order valence-corrected chi connectivity index (χ2v) is 6.52. The second-order valence-electron chi connectivity index (χ2n) is 6.52. The van der Waals surface area contributed by atoms with Crippen LogP contribution < -0.4 is 5.32 Å². The number of halogens is 3. The number of hydrogen-bond donors (Lipinski definition) is 1. The molecule has 1 N–H and O–H groups in total. The minimum absolute atomic E-state index is 0.377. The molecule has 2 atom stereocenters. The highest BCUT2D eigenvalue weighted by Crippen LogP contribution is 2.35. The van der Waals surface area contributed by atoms with E-state index in [0.717, 1.165) is 18.9 Å². The lowest BCUT2D eigenvalue weighted by molar-refractivity contribution is -0.143. The van der Waals surface area contributed by atoms with Gasteiger partial charge < -0.3 is 5.32 Å². The summed E-state index contributed by atoms with van der Waals surface area (Å²) in [6.45, 7) is 5.73. The molecular formula is C14H25F3N2. The molecule has 112 valence electrons. The van der Waals surface area contributed by atoms with Crippen LogP contribution in [0.2, 0.25) is 0 Å². The summed E-state index contributed by atoms with van der Waals surface area (Å²) in [5.41, 5.74) is 0. The number of hydrogen-bond acceptors (Lipinski definition) is 2. The van der Waals surface area contributed by atoms with Crippen LogP contribution in [0.5, 0.6) is 0 Å². The molecule has 0 aromatic carbocycles. The van der Waals surface area contributed by atoms with E-state index in [1.54, 1.807) is 0 Å². The Morgan fingerprint density at radius 2 is 1.89 bits per heavy atom. The van der Waals surface area contributed by atoms with Gasteiger partial charge in [-0.2, -0.15) is 13.2 Å². The summed E-state index contributed by atoms with van der Waals surface area (Å²) in [5.74, 6) is 1.79. The molecule has 2 rings (SSSR count). The van der Waals surface area contributed by atoms with Gasteiger partial charge in [0.15, 0.2) is 0 Å². The molecule has 0 unspecified atom stereocenters. The van der Waals surface area contributed by atoms with Crippen molar-refractivity contribution >= 4 is 0 Å². The van der Waals surface area contributed by atoms with E-state index >= 15 is 0 Å². The van der Waals surface area contributed by atoms with Crippen LogP contribution >= 0.6 is 0 Å². The number of alkyl halides is 3. The Hall–Kier alpha value is -0.290. The van der Waals surface area contributed by atoms with Crippen molar-refractivity contribution in [1.82, 2.24) is 10.2 Å². The van der Waals surface area contributed by atoms with E-state index in [2.05, 4.69) is 19.2 Å². The van der Waals surface area contributed by atoms with Crippen molar-refractivity contribution < 1.29 is 13.2 Å². The Kier molecular flexibility index (Phi) is 4.77. The van der Waals surface area contributed by atoms with Gasteiger partial charge in [0.2, 0.25) is 0 Å². The van der Waals surface area contributed by atoms with Gasteiger partial charge >= 0.3 is 6.18 Å². The summed E-state index contributed by atoms with van der Waals surface area (Å²) >= 11 is 0. The summed E-state index contributed by atoms with van der Waals surface area (Å²) in [4.78, 5) is 1.54. The lowest BCUT2D eigenvalue weighted by Gasteiger charge is -2.24. The molecule has 5 heteroatoms. The number of nitrogens with one attached hydrogen (secondary N) is 1. The molecular weight excluding hydrogens is 253 g/mol. The Morgan fingerprint density at radius 1 is 1.21 bits per heavy atom. The van der Waals surface area contributed by atoms with E-state index in [1.807, 2.05) is 0 Å². The molecule has 0 bridgehead atoms. The maximum Gasteiger partial charge on any atom is 0.401 e. The quantitative estimate of drug-likeness (QED) is 0.803. The molecule has 1 heterocycles. The lowest BCUT2D eigenvalue weighted by Crippen LogP contribution is -2.40. The van der Waals surface area contributed by atoms with Crippen LogP contribution in [-0.4, -0.2) is 43.3 Å². The van der Waals surface area contributed by atoms with E-state index in [-0.39, 0.29) is 0 Å². The maximum atomic E-state index is 12.3. The van der Waals surface area contributed by atoms with Crippen LogP contribution in [0.15, 0.2) is 0 Å². The third-order valence-corrected chi connectivity index (χ3v) is 4.26. The summed E-state index contributed by atoms with van der Waals surface area (Å²) in [7, 11) is 0. The first-order chi connectivity index (χ1) is 8.85. The predicted octanol–water partition coefficient (Wildman–Crippen LogP) is 2.89. The monoisotopic (exact) mass is 278 g/mol. The van der Waals surface area contributed by atoms with Gasteiger partial charge in [0.25, 0.3) is 0 Å².